The summed E-state index contributed by atoms with van der Waals surface area (Å²) in [5.41, 5.74) is 4.39. The lowest BCUT2D eigenvalue weighted by Gasteiger charge is -2.30. The minimum absolute atomic E-state index is 0.0315. The maximum atomic E-state index is 13.3. The minimum Gasteiger partial charge on any atom is -0.481 e. The monoisotopic (exact) mass is 480 g/mol. The van der Waals surface area contributed by atoms with Crippen LogP contribution in [0.1, 0.15) is 56.1 Å². The van der Waals surface area contributed by atoms with Crippen LogP contribution in [0.15, 0.2) is 48.5 Å². The molecule has 1 saturated heterocycles. The maximum Gasteiger partial charge on any atom is 0.407 e. The van der Waals surface area contributed by atoms with Gasteiger partial charge in [-0.15, -0.1) is 0 Å². The number of alkyl carbamates (subject to hydrolysis) is 1. The third-order valence-electron chi connectivity index (χ3n) is 6.85. The molecule has 2 aromatic rings. The first-order chi connectivity index (χ1) is 16.8. The van der Waals surface area contributed by atoms with E-state index < -0.39 is 24.2 Å². The highest BCUT2D eigenvalue weighted by Crippen LogP contribution is 2.44. The average molecular weight is 481 g/mol. The van der Waals surface area contributed by atoms with Crippen LogP contribution in [0.4, 0.5) is 4.79 Å². The highest BCUT2D eigenvalue weighted by Gasteiger charge is 2.35. The fourth-order valence-electron chi connectivity index (χ4n) is 5.27. The Hall–Kier alpha value is -3.39. The Morgan fingerprint density at radius 1 is 1.09 bits per heavy atom. The summed E-state index contributed by atoms with van der Waals surface area (Å²) in [6.45, 7) is 2.30. The Bertz CT molecular complexity index is 1040. The lowest BCUT2D eigenvalue weighted by Crippen LogP contribution is -2.50. The van der Waals surface area contributed by atoms with Crippen molar-refractivity contribution in [3.63, 3.8) is 0 Å². The molecule has 2 aromatic carbocycles. The van der Waals surface area contributed by atoms with Crippen molar-refractivity contribution in [1.29, 1.82) is 0 Å². The quantitative estimate of drug-likeness (QED) is 0.506. The Labute approximate surface area is 204 Å². The molecule has 0 radical (unpaired) electrons. The predicted octanol–water partition coefficient (Wildman–Crippen LogP) is 3.52. The number of nitrogens with zero attached hydrogens (tertiary/aromatic N) is 1. The topological polar surface area (TPSA) is 116 Å². The van der Waals surface area contributed by atoms with Crippen LogP contribution in [0.2, 0.25) is 0 Å². The number of ether oxygens (including phenoxy) is 1. The Morgan fingerprint density at radius 2 is 1.71 bits per heavy atom. The molecule has 35 heavy (non-hydrogen) atoms. The fourth-order valence-corrected chi connectivity index (χ4v) is 5.27. The summed E-state index contributed by atoms with van der Waals surface area (Å²) in [6.07, 6.45) is 0.434. The summed E-state index contributed by atoms with van der Waals surface area (Å²) in [5.74, 6) is -1.49. The van der Waals surface area contributed by atoms with Crippen LogP contribution in [0.3, 0.4) is 0 Å². The van der Waals surface area contributed by atoms with Gasteiger partial charge in [-0.2, -0.15) is 0 Å². The fraction of sp³-hybridized carbons (Fsp3) is 0.444. The standard InChI is InChI=1S/C27H32N2O6/c1-17(30)15-18-7-6-14-29(18)26(33)24(12-13-25(31)32)28-27(34)35-16-23-21-10-4-2-8-19(21)20-9-3-5-11-22(20)23/h2-5,8-11,17-18,23-24,30H,6-7,12-16H2,1H3,(H,28,34)(H,31,32). The minimum atomic E-state index is -1.04. The molecule has 3 unspecified atom stereocenters. The van der Waals surface area contributed by atoms with Gasteiger partial charge in [-0.05, 0) is 54.9 Å². The van der Waals surface area contributed by atoms with Crippen molar-refractivity contribution in [2.45, 2.75) is 63.1 Å². The van der Waals surface area contributed by atoms with Gasteiger partial charge in [0.1, 0.15) is 12.6 Å². The average Bonchev–Trinajstić information content (AvgIpc) is 3.42. The molecule has 1 aliphatic carbocycles. The number of carbonyl (C=O) groups excluding carboxylic acids is 2. The molecule has 0 saturated carbocycles. The molecule has 8 nitrogen and oxygen atoms in total. The first kappa shape index (κ1) is 24.7. The summed E-state index contributed by atoms with van der Waals surface area (Å²) in [7, 11) is 0. The van der Waals surface area contributed by atoms with E-state index in [1.165, 1.54) is 0 Å². The second kappa shape index (κ2) is 10.9. The number of aliphatic carboxylic acids is 1. The molecule has 3 N–H and O–H groups in total. The van der Waals surface area contributed by atoms with Crippen molar-refractivity contribution < 1.29 is 29.3 Å². The number of benzene rings is 2. The normalized spacial score (nSPS) is 18.5. The number of aliphatic hydroxyl groups excluding tert-OH is 1. The predicted molar refractivity (Wildman–Crippen MR) is 130 cm³/mol. The number of carboxylic acids is 1. The zero-order valence-corrected chi connectivity index (χ0v) is 19.9. The van der Waals surface area contributed by atoms with E-state index >= 15 is 0 Å². The van der Waals surface area contributed by atoms with Crippen LogP contribution in [0.5, 0.6) is 0 Å². The summed E-state index contributed by atoms with van der Waals surface area (Å²) in [6, 6.07) is 14.9. The van der Waals surface area contributed by atoms with Crippen LogP contribution in [-0.2, 0) is 14.3 Å². The number of hydrogen-bond acceptors (Lipinski definition) is 5. The van der Waals surface area contributed by atoms with Gasteiger partial charge in [-0.3, -0.25) is 9.59 Å². The molecule has 2 aliphatic rings. The third-order valence-corrected chi connectivity index (χ3v) is 6.85. The summed E-state index contributed by atoms with van der Waals surface area (Å²) in [5, 5.41) is 21.5. The molecule has 186 valence electrons. The molecule has 1 heterocycles. The highest BCUT2D eigenvalue weighted by atomic mass is 16.5. The van der Waals surface area contributed by atoms with Crippen LogP contribution in [0.25, 0.3) is 11.1 Å². The van der Waals surface area contributed by atoms with Gasteiger partial charge in [0.25, 0.3) is 0 Å². The number of fused-ring (bicyclic) bond motifs is 3. The molecule has 0 aromatic heterocycles. The van der Waals surface area contributed by atoms with Crippen molar-refractivity contribution in [2.24, 2.45) is 0 Å². The van der Waals surface area contributed by atoms with Gasteiger partial charge in [0.05, 0.1) is 6.10 Å². The van der Waals surface area contributed by atoms with Gasteiger partial charge in [0, 0.05) is 24.9 Å². The van der Waals surface area contributed by atoms with Crippen molar-refractivity contribution in [2.75, 3.05) is 13.2 Å². The molecule has 1 aliphatic heterocycles. The summed E-state index contributed by atoms with van der Waals surface area (Å²) < 4.78 is 5.57. The molecular weight excluding hydrogens is 448 g/mol. The van der Waals surface area contributed by atoms with Crippen LogP contribution in [-0.4, -0.2) is 64.4 Å². The Morgan fingerprint density at radius 3 is 2.31 bits per heavy atom. The summed E-state index contributed by atoms with van der Waals surface area (Å²) in [4.78, 5) is 38.9. The zero-order valence-electron chi connectivity index (χ0n) is 19.9. The molecule has 8 heteroatoms. The second-order valence-corrected chi connectivity index (χ2v) is 9.37. The second-order valence-electron chi connectivity index (χ2n) is 9.37. The molecule has 2 amide bonds. The Balaban J connectivity index is 1.43. The van der Waals surface area contributed by atoms with E-state index in [4.69, 9.17) is 9.84 Å². The first-order valence-electron chi connectivity index (χ1n) is 12.2. The summed E-state index contributed by atoms with van der Waals surface area (Å²) >= 11 is 0. The number of carbonyl (C=O) groups is 3. The number of likely N-dealkylation sites (tertiary alicyclic amines) is 1. The van der Waals surface area contributed by atoms with Crippen LogP contribution in [0, 0.1) is 0 Å². The molecule has 4 rings (SSSR count). The number of nitrogens with one attached hydrogen (secondary N) is 1. The molecule has 1 fully saturated rings. The van der Waals surface area contributed by atoms with Crippen molar-refractivity contribution in [1.82, 2.24) is 10.2 Å². The highest BCUT2D eigenvalue weighted by molar-refractivity contribution is 5.87. The number of carboxylic acid groups (broad SMARTS) is 1. The van der Waals surface area contributed by atoms with E-state index in [-0.39, 0.29) is 37.3 Å². The maximum absolute atomic E-state index is 13.3. The molecule has 3 atom stereocenters. The SMILES string of the molecule is CC(O)CC1CCCN1C(=O)C(CCC(=O)O)NC(=O)OCC1c2ccccc2-c2ccccc21. The smallest absolute Gasteiger partial charge is 0.407 e. The van der Waals surface area contributed by atoms with Crippen LogP contribution < -0.4 is 5.32 Å². The number of rotatable bonds is 9. The van der Waals surface area contributed by atoms with Gasteiger partial charge in [-0.1, -0.05) is 48.5 Å². The molecule has 0 spiro atoms. The van der Waals surface area contributed by atoms with Gasteiger partial charge >= 0.3 is 12.1 Å². The van der Waals surface area contributed by atoms with E-state index in [0.717, 1.165) is 35.1 Å². The zero-order chi connectivity index (χ0) is 24.9. The van der Waals surface area contributed by atoms with Gasteiger partial charge in [0.2, 0.25) is 5.91 Å². The van der Waals surface area contributed by atoms with E-state index in [2.05, 4.69) is 17.4 Å². The number of amides is 2. The van der Waals surface area contributed by atoms with Crippen molar-refractivity contribution >= 4 is 18.0 Å². The molecular formula is C27H32N2O6. The van der Waals surface area contributed by atoms with Crippen LogP contribution >= 0.6 is 0 Å². The lowest BCUT2D eigenvalue weighted by molar-refractivity contribution is -0.138. The van der Waals surface area contributed by atoms with Gasteiger partial charge < -0.3 is 25.2 Å². The molecule has 0 bridgehead atoms. The first-order valence-corrected chi connectivity index (χ1v) is 12.2. The largest absolute Gasteiger partial charge is 0.481 e. The lowest BCUT2D eigenvalue weighted by atomic mass is 9.98. The van der Waals surface area contributed by atoms with E-state index in [1.54, 1.807) is 11.8 Å². The van der Waals surface area contributed by atoms with E-state index in [0.29, 0.717) is 13.0 Å². The van der Waals surface area contributed by atoms with Crippen molar-refractivity contribution in [3.05, 3.63) is 59.7 Å². The number of aliphatic hydroxyl groups is 1. The number of hydrogen-bond donors (Lipinski definition) is 3. The van der Waals surface area contributed by atoms with Crippen molar-refractivity contribution in [3.8, 4) is 11.1 Å². The third kappa shape index (κ3) is 5.65. The Kier molecular flexibility index (Phi) is 7.70. The van der Waals surface area contributed by atoms with Gasteiger partial charge in [0.15, 0.2) is 0 Å². The van der Waals surface area contributed by atoms with E-state index in [1.807, 2.05) is 36.4 Å². The van der Waals surface area contributed by atoms with E-state index in [9.17, 15) is 19.5 Å². The van der Waals surface area contributed by atoms with Gasteiger partial charge in [-0.25, -0.2) is 4.79 Å².